The number of fused-ring (bicyclic) bond motifs is 5. The standard InChI is InChI=1S/C24H39FNO3P/c1-22(2,3)21(27)26-18-13-24(5)16-10-12-23(4)11-6-7-15(23)14(16)8-9-17(24)19(25)20(18)30(28)29/h14-18,30H,6-13H2,1-5H3,(H,26,27)(H,28,29)/t14?,15?,16?,17-,18?,23-,24+/m0/s1. The Balaban J connectivity index is 1.70. The molecule has 6 heteroatoms. The van der Waals surface area contributed by atoms with Crippen molar-refractivity contribution in [3.8, 4) is 0 Å². The Morgan fingerprint density at radius 3 is 2.47 bits per heavy atom. The quantitative estimate of drug-likeness (QED) is 0.533. The highest BCUT2D eigenvalue weighted by atomic mass is 31.1. The molecule has 0 aromatic heterocycles. The van der Waals surface area contributed by atoms with E-state index in [9.17, 15) is 14.3 Å². The van der Waals surface area contributed by atoms with Gasteiger partial charge in [0.2, 0.25) is 13.9 Å². The van der Waals surface area contributed by atoms with Crippen LogP contribution in [-0.4, -0.2) is 16.8 Å². The van der Waals surface area contributed by atoms with E-state index >= 15 is 4.39 Å². The Morgan fingerprint density at radius 2 is 1.83 bits per heavy atom. The summed E-state index contributed by atoms with van der Waals surface area (Å²) < 4.78 is 28.0. The molecule has 1 amide bonds. The molecule has 2 N–H and O–H groups in total. The third-order valence-electron chi connectivity index (χ3n) is 9.42. The summed E-state index contributed by atoms with van der Waals surface area (Å²) in [6.07, 6.45) is 8.58. The molecule has 170 valence electrons. The molecule has 5 unspecified atom stereocenters. The van der Waals surface area contributed by atoms with Gasteiger partial charge < -0.3 is 10.2 Å². The minimum Gasteiger partial charge on any atom is -0.348 e. The van der Waals surface area contributed by atoms with Crippen LogP contribution in [-0.2, 0) is 9.36 Å². The van der Waals surface area contributed by atoms with Gasteiger partial charge in [0.25, 0.3) is 0 Å². The number of rotatable bonds is 2. The fourth-order valence-electron chi connectivity index (χ4n) is 7.80. The fourth-order valence-corrected chi connectivity index (χ4v) is 8.66. The molecule has 0 aliphatic heterocycles. The Hall–Kier alpha value is -0.670. The number of allylic oxidation sites excluding steroid dienone is 1. The third-order valence-corrected chi connectivity index (χ3v) is 10.5. The van der Waals surface area contributed by atoms with Gasteiger partial charge in [-0.25, -0.2) is 4.39 Å². The van der Waals surface area contributed by atoms with E-state index in [1.165, 1.54) is 25.7 Å². The number of amides is 1. The van der Waals surface area contributed by atoms with E-state index in [0.29, 0.717) is 23.7 Å². The van der Waals surface area contributed by atoms with Crippen LogP contribution in [0.15, 0.2) is 11.1 Å². The zero-order valence-electron chi connectivity index (χ0n) is 19.2. The van der Waals surface area contributed by atoms with Crippen LogP contribution < -0.4 is 5.32 Å². The van der Waals surface area contributed by atoms with E-state index in [4.69, 9.17) is 0 Å². The highest BCUT2D eigenvalue weighted by Crippen LogP contribution is 2.67. The van der Waals surface area contributed by atoms with Crippen molar-refractivity contribution in [2.24, 2.45) is 39.9 Å². The van der Waals surface area contributed by atoms with Gasteiger partial charge in [-0.05, 0) is 73.5 Å². The van der Waals surface area contributed by atoms with Gasteiger partial charge in [0.05, 0.1) is 11.4 Å². The lowest BCUT2D eigenvalue weighted by molar-refractivity contribution is -0.130. The van der Waals surface area contributed by atoms with Crippen LogP contribution in [0.3, 0.4) is 0 Å². The van der Waals surface area contributed by atoms with Crippen LogP contribution in [0.5, 0.6) is 0 Å². The second-order valence-corrected chi connectivity index (χ2v) is 13.3. The Bertz CT molecular complexity index is 790. The van der Waals surface area contributed by atoms with Crippen LogP contribution in [0.25, 0.3) is 0 Å². The van der Waals surface area contributed by atoms with Crippen molar-refractivity contribution in [3.05, 3.63) is 11.1 Å². The molecule has 3 fully saturated rings. The first-order chi connectivity index (χ1) is 13.9. The van der Waals surface area contributed by atoms with Crippen molar-refractivity contribution in [2.75, 3.05) is 0 Å². The van der Waals surface area contributed by atoms with Gasteiger partial charge in [-0.15, -0.1) is 0 Å². The monoisotopic (exact) mass is 439 g/mol. The summed E-state index contributed by atoms with van der Waals surface area (Å²) >= 11 is 0. The Labute approximate surface area is 181 Å². The lowest BCUT2D eigenvalue weighted by Gasteiger charge is -2.60. The van der Waals surface area contributed by atoms with E-state index in [-0.39, 0.29) is 22.6 Å². The third kappa shape index (κ3) is 3.43. The van der Waals surface area contributed by atoms with Crippen LogP contribution in [0, 0.1) is 39.9 Å². The molecule has 3 saturated carbocycles. The maximum Gasteiger partial charge on any atom is 0.225 e. The first-order valence-electron chi connectivity index (χ1n) is 11.8. The Kier molecular flexibility index (Phi) is 5.59. The highest BCUT2D eigenvalue weighted by molar-refractivity contribution is 7.43. The van der Waals surface area contributed by atoms with Crippen molar-refractivity contribution >= 4 is 13.9 Å². The molecule has 30 heavy (non-hydrogen) atoms. The molecule has 4 rings (SSSR count). The predicted molar refractivity (Wildman–Crippen MR) is 118 cm³/mol. The summed E-state index contributed by atoms with van der Waals surface area (Å²) in [6.45, 7) is 10.1. The van der Waals surface area contributed by atoms with Gasteiger partial charge in [0.15, 0.2) is 0 Å². The van der Waals surface area contributed by atoms with Gasteiger partial charge in [-0.1, -0.05) is 41.0 Å². The van der Waals surface area contributed by atoms with Crippen LogP contribution in [0.2, 0.25) is 0 Å². The number of halogens is 1. The number of carbonyl (C=O) groups is 1. The zero-order valence-corrected chi connectivity index (χ0v) is 20.2. The Morgan fingerprint density at radius 1 is 1.13 bits per heavy atom. The molecular formula is C24H39FNO3P. The average Bonchev–Trinajstić information content (AvgIpc) is 3.02. The van der Waals surface area contributed by atoms with Gasteiger partial charge >= 0.3 is 0 Å². The molecule has 0 radical (unpaired) electrons. The fraction of sp³-hybridized carbons (Fsp3) is 0.875. The number of hydrogen-bond donors (Lipinski definition) is 2. The van der Waals surface area contributed by atoms with E-state index in [1.807, 2.05) is 20.8 Å². The number of carbonyl (C=O) groups excluding carboxylic acids is 1. The molecule has 8 atom stereocenters. The minimum absolute atomic E-state index is 0.0277. The molecular weight excluding hydrogens is 400 g/mol. The molecule has 0 heterocycles. The maximum atomic E-state index is 15.8. The van der Waals surface area contributed by atoms with Crippen molar-refractivity contribution in [3.63, 3.8) is 0 Å². The van der Waals surface area contributed by atoms with E-state index in [2.05, 4.69) is 19.2 Å². The maximum absolute atomic E-state index is 15.8. The number of nitrogens with one attached hydrogen (secondary N) is 1. The smallest absolute Gasteiger partial charge is 0.225 e. The van der Waals surface area contributed by atoms with Crippen LogP contribution in [0.1, 0.15) is 86.0 Å². The SMILES string of the molecule is CC(C)(C)C(=O)NC1C[C@]2(C)C3CC[C@]4(C)CCCC4C3CC[C@H]2C(F)=C1[PH](=O)O. The largest absolute Gasteiger partial charge is 0.348 e. The van der Waals surface area contributed by atoms with E-state index in [1.54, 1.807) is 0 Å². The molecule has 4 aliphatic carbocycles. The summed E-state index contributed by atoms with van der Waals surface area (Å²) in [5.74, 6) is 0.891. The summed E-state index contributed by atoms with van der Waals surface area (Å²) in [6, 6.07) is -0.676. The molecule has 0 aromatic carbocycles. The lowest BCUT2D eigenvalue weighted by atomic mass is 9.45. The summed E-state index contributed by atoms with van der Waals surface area (Å²) in [5, 5.41) is 2.93. The van der Waals surface area contributed by atoms with Crippen molar-refractivity contribution in [1.82, 2.24) is 5.32 Å². The molecule has 4 aliphatic rings. The second-order valence-electron chi connectivity index (χ2n) is 12.1. The van der Waals surface area contributed by atoms with Crippen molar-refractivity contribution < 1.29 is 18.6 Å². The van der Waals surface area contributed by atoms with E-state index < -0.39 is 25.3 Å². The first kappa shape index (κ1) is 22.5. The average molecular weight is 440 g/mol. The van der Waals surface area contributed by atoms with Crippen molar-refractivity contribution in [2.45, 2.75) is 92.0 Å². The minimum atomic E-state index is -3.21. The first-order valence-corrected chi connectivity index (χ1v) is 13.2. The number of hydrogen-bond acceptors (Lipinski definition) is 2. The highest BCUT2D eigenvalue weighted by Gasteiger charge is 2.60. The predicted octanol–water partition coefficient (Wildman–Crippen LogP) is 5.82. The summed E-state index contributed by atoms with van der Waals surface area (Å²) in [7, 11) is -3.21. The van der Waals surface area contributed by atoms with Gasteiger partial charge in [-0.2, -0.15) is 0 Å². The zero-order chi connectivity index (χ0) is 22.1. The molecule has 0 saturated heterocycles. The topological polar surface area (TPSA) is 66.4 Å². The van der Waals surface area contributed by atoms with Gasteiger partial charge in [0, 0.05) is 11.3 Å². The molecule has 0 spiro atoms. The second kappa shape index (κ2) is 7.44. The summed E-state index contributed by atoms with van der Waals surface area (Å²) in [5.41, 5.74) is -0.460. The van der Waals surface area contributed by atoms with Crippen LogP contribution >= 0.6 is 8.03 Å². The molecule has 0 bridgehead atoms. The lowest BCUT2D eigenvalue weighted by Crippen LogP contribution is -2.56. The normalized spacial score (nSPS) is 44.7. The van der Waals surface area contributed by atoms with Gasteiger partial charge in [0.1, 0.15) is 5.83 Å². The summed E-state index contributed by atoms with van der Waals surface area (Å²) in [4.78, 5) is 22.7. The van der Waals surface area contributed by atoms with Crippen molar-refractivity contribution in [1.29, 1.82) is 0 Å². The van der Waals surface area contributed by atoms with Gasteiger partial charge in [-0.3, -0.25) is 9.36 Å². The van der Waals surface area contributed by atoms with E-state index in [0.717, 1.165) is 25.2 Å². The molecule has 0 aromatic rings. The molecule has 4 nitrogen and oxygen atoms in total. The van der Waals surface area contributed by atoms with Crippen LogP contribution in [0.4, 0.5) is 4.39 Å².